The van der Waals surface area contributed by atoms with Gasteiger partial charge in [0.2, 0.25) is 0 Å². The number of fused-ring (bicyclic) bond motifs is 1. The lowest BCUT2D eigenvalue weighted by molar-refractivity contribution is -0.137. The first-order valence-electron chi connectivity index (χ1n) is 17.2. The summed E-state index contributed by atoms with van der Waals surface area (Å²) in [6.45, 7) is 9.74. The van der Waals surface area contributed by atoms with E-state index in [9.17, 15) is 18.0 Å². The Morgan fingerprint density at radius 1 is 0.936 bits per heavy atom. The number of nitrogens with two attached hydrogens (primary N) is 1. The normalized spacial score (nSPS) is 22.1. The zero-order valence-corrected chi connectivity index (χ0v) is 27.9. The number of hydrogen-bond acceptors (Lipinski definition) is 6. The second-order valence-corrected chi connectivity index (χ2v) is 14.1. The molecule has 6 rings (SSSR count). The van der Waals surface area contributed by atoms with Crippen LogP contribution in [0.4, 0.5) is 29.3 Å². The van der Waals surface area contributed by atoms with Gasteiger partial charge in [0.05, 0.1) is 29.5 Å². The lowest BCUT2D eigenvalue weighted by Crippen LogP contribution is -2.50. The standard InChI is InChI=1S/C35H48ClF3N6O2/c36-31-23-26(22-30(33(31)40)35(37,38)39)21-25(24-43-14-7-28(8-15-43)44-17-19-47-20-18-44)5-11-42-12-9-29(10-13-42)45-16-6-27-3-1-2-4-32(27)41-34(45)46/h1-4,22-23,25,28-29H,5-21,24,40H2,(H,41,46). The van der Waals surface area contributed by atoms with Gasteiger partial charge in [-0.2, -0.15) is 13.2 Å². The number of para-hydroxylation sites is 1. The van der Waals surface area contributed by atoms with E-state index in [1.165, 1.54) is 11.6 Å². The fourth-order valence-electron chi connectivity index (χ4n) is 7.95. The third kappa shape index (κ3) is 8.73. The van der Waals surface area contributed by atoms with Crippen LogP contribution in [0.15, 0.2) is 36.4 Å². The topological polar surface area (TPSA) is 77.3 Å². The van der Waals surface area contributed by atoms with Gasteiger partial charge >= 0.3 is 12.2 Å². The van der Waals surface area contributed by atoms with Gasteiger partial charge in [-0.1, -0.05) is 29.8 Å². The number of urea groups is 1. The van der Waals surface area contributed by atoms with Crippen LogP contribution in [0, 0.1) is 5.92 Å². The highest BCUT2D eigenvalue weighted by atomic mass is 35.5. The Labute approximate surface area is 281 Å². The third-order valence-electron chi connectivity index (χ3n) is 10.6. The predicted octanol–water partition coefficient (Wildman–Crippen LogP) is 5.84. The van der Waals surface area contributed by atoms with Crippen LogP contribution < -0.4 is 11.1 Å². The van der Waals surface area contributed by atoms with Gasteiger partial charge in [0.15, 0.2) is 0 Å². The van der Waals surface area contributed by atoms with Crippen molar-refractivity contribution in [2.45, 2.75) is 63.2 Å². The molecule has 2 aromatic carbocycles. The minimum absolute atomic E-state index is 0.0220. The molecule has 1 atom stereocenters. The van der Waals surface area contributed by atoms with Crippen molar-refractivity contribution >= 4 is 29.0 Å². The van der Waals surface area contributed by atoms with E-state index < -0.39 is 17.4 Å². The van der Waals surface area contributed by atoms with E-state index in [0.717, 1.165) is 110 Å². The first-order chi connectivity index (χ1) is 22.6. The molecule has 1 unspecified atom stereocenters. The zero-order chi connectivity index (χ0) is 33.0. The fraction of sp³-hybridized carbons (Fsp3) is 0.629. The largest absolute Gasteiger partial charge is 0.418 e. The molecule has 2 amide bonds. The van der Waals surface area contributed by atoms with Gasteiger partial charge < -0.3 is 30.5 Å². The van der Waals surface area contributed by atoms with Crippen molar-refractivity contribution in [1.29, 1.82) is 0 Å². The molecule has 4 heterocycles. The van der Waals surface area contributed by atoms with E-state index in [-0.39, 0.29) is 23.0 Å². The Bertz CT molecular complexity index is 1360. The molecule has 8 nitrogen and oxygen atoms in total. The number of hydrogen-bond donors (Lipinski definition) is 2. The first-order valence-corrected chi connectivity index (χ1v) is 17.6. The number of nitrogen functional groups attached to an aromatic ring is 1. The van der Waals surface area contributed by atoms with E-state index in [1.54, 1.807) is 6.07 Å². The molecule has 3 N–H and O–H groups in total. The molecule has 3 saturated heterocycles. The summed E-state index contributed by atoms with van der Waals surface area (Å²) in [6.07, 6.45) is 1.68. The highest BCUT2D eigenvalue weighted by molar-refractivity contribution is 6.33. The van der Waals surface area contributed by atoms with Crippen LogP contribution in [0.25, 0.3) is 0 Å². The van der Waals surface area contributed by atoms with Crippen LogP contribution in [-0.4, -0.2) is 110 Å². The molecule has 0 aliphatic carbocycles. The molecule has 12 heteroatoms. The number of nitrogens with zero attached hydrogens (tertiary/aromatic N) is 4. The van der Waals surface area contributed by atoms with Crippen LogP contribution in [0.5, 0.6) is 0 Å². The van der Waals surface area contributed by atoms with Gasteiger partial charge in [-0.15, -0.1) is 0 Å². The number of nitrogens with one attached hydrogen (secondary N) is 1. The minimum atomic E-state index is -4.56. The average molecular weight is 677 g/mol. The summed E-state index contributed by atoms with van der Waals surface area (Å²) in [7, 11) is 0. The summed E-state index contributed by atoms with van der Waals surface area (Å²) in [4.78, 5) is 22.6. The number of carbonyl (C=O) groups excluding carboxylic acids is 1. The van der Waals surface area contributed by atoms with Gasteiger partial charge in [-0.3, -0.25) is 4.90 Å². The van der Waals surface area contributed by atoms with Gasteiger partial charge in [0, 0.05) is 57.0 Å². The average Bonchev–Trinajstić information content (AvgIpc) is 3.23. The number of halogens is 4. The van der Waals surface area contributed by atoms with E-state index in [0.29, 0.717) is 24.6 Å². The maximum Gasteiger partial charge on any atom is 0.418 e. The summed E-state index contributed by atoms with van der Waals surface area (Å²) in [5.74, 6) is 0.170. The summed E-state index contributed by atoms with van der Waals surface area (Å²) in [6, 6.07) is 11.5. The second-order valence-electron chi connectivity index (χ2n) is 13.7. The summed E-state index contributed by atoms with van der Waals surface area (Å²) in [5, 5.41) is 3.06. The molecule has 47 heavy (non-hydrogen) atoms. The molecule has 4 aliphatic rings. The monoisotopic (exact) mass is 676 g/mol. The molecule has 0 bridgehead atoms. The Morgan fingerprint density at radius 2 is 1.62 bits per heavy atom. The van der Waals surface area contributed by atoms with Crippen molar-refractivity contribution in [3.05, 3.63) is 58.1 Å². The number of anilines is 2. The van der Waals surface area contributed by atoms with E-state index in [4.69, 9.17) is 22.1 Å². The quantitative estimate of drug-likeness (QED) is 0.325. The number of amides is 2. The van der Waals surface area contributed by atoms with Crippen molar-refractivity contribution < 1.29 is 22.7 Å². The molecule has 0 saturated carbocycles. The number of piperidine rings is 2. The smallest absolute Gasteiger partial charge is 0.397 e. The van der Waals surface area contributed by atoms with Crippen molar-refractivity contribution in [1.82, 2.24) is 19.6 Å². The number of rotatable bonds is 9. The number of alkyl halides is 3. The van der Waals surface area contributed by atoms with Crippen LogP contribution in [0.3, 0.4) is 0 Å². The summed E-state index contributed by atoms with van der Waals surface area (Å²) in [5.41, 5.74) is 7.13. The van der Waals surface area contributed by atoms with Crippen LogP contribution >= 0.6 is 11.6 Å². The molecular weight excluding hydrogens is 629 g/mol. The number of benzene rings is 2. The fourth-order valence-corrected chi connectivity index (χ4v) is 8.19. The Morgan fingerprint density at radius 3 is 2.34 bits per heavy atom. The maximum atomic E-state index is 13.8. The van der Waals surface area contributed by atoms with Crippen molar-refractivity contribution in [2.75, 3.05) is 83.2 Å². The lowest BCUT2D eigenvalue weighted by Gasteiger charge is -2.41. The molecule has 258 valence electrons. The van der Waals surface area contributed by atoms with Crippen molar-refractivity contribution in [2.24, 2.45) is 5.92 Å². The molecule has 2 aromatic rings. The Balaban J connectivity index is 1.06. The predicted molar refractivity (Wildman–Crippen MR) is 180 cm³/mol. The first kappa shape index (κ1) is 34.3. The molecule has 0 spiro atoms. The zero-order valence-electron chi connectivity index (χ0n) is 27.1. The van der Waals surface area contributed by atoms with Gasteiger partial charge in [-0.05, 0) is 99.8 Å². The van der Waals surface area contributed by atoms with E-state index in [1.807, 2.05) is 23.1 Å². The maximum absolute atomic E-state index is 13.8. The molecular formula is C35H48ClF3N6O2. The lowest BCUT2D eigenvalue weighted by atomic mass is 9.92. The minimum Gasteiger partial charge on any atom is -0.397 e. The highest BCUT2D eigenvalue weighted by Gasteiger charge is 2.35. The van der Waals surface area contributed by atoms with Gasteiger partial charge in [0.1, 0.15) is 0 Å². The molecule has 0 radical (unpaired) electrons. The second kappa shape index (κ2) is 15.3. The molecule has 0 aromatic heterocycles. The van der Waals surface area contributed by atoms with E-state index >= 15 is 0 Å². The highest BCUT2D eigenvalue weighted by Crippen LogP contribution is 2.38. The molecule has 3 fully saturated rings. The van der Waals surface area contributed by atoms with Crippen molar-refractivity contribution in [3.63, 3.8) is 0 Å². The number of carbonyl (C=O) groups is 1. The Hall–Kier alpha value is -2.57. The molecule has 4 aliphatic heterocycles. The SMILES string of the molecule is Nc1c(Cl)cc(CC(CCN2CCC(N3CCc4ccccc4NC3=O)CC2)CN2CCC(N3CCOCC3)CC2)cc1C(F)(F)F. The van der Waals surface area contributed by atoms with Crippen LogP contribution in [-0.2, 0) is 23.8 Å². The number of ether oxygens (including phenoxy) is 1. The summed E-state index contributed by atoms with van der Waals surface area (Å²) >= 11 is 6.22. The summed E-state index contributed by atoms with van der Waals surface area (Å²) < 4.78 is 46.9. The van der Waals surface area contributed by atoms with Gasteiger partial charge in [0.25, 0.3) is 0 Å². The third-order valence-corrected chi connectivity index (χ3v) is 11.0. The van der Waals surface area contributed by atoms with E-state index in [2.05, 4.69) is 26.1 Å². The van der Waals surface area contributed by atoms with Crippen molar-refractivity contribution in [3.8, 4) is 0 Å². The number of likely N-dealkylation sites (tertiary alicyclic amines) is 2. The number of morpholine rings is 1. The Kier molecular flexibility index (Phi) is 11.2. The van der Waals surface area contributed by atoms with Crippen LogP contribution in [0.1, 0.15) is 48.8 Å². The van der Waals surface area contributed by atoms with Gasteiger partial charge in [-0.25, -0.2) is 4.79 Å². The van der Waals surface area contributed by atoms with Crippen LogP contribution in [0.2, 0.25) is 5.02 Å².